The van der Waals surface area contributed by atoms with E-state index in [1.807, 2.05) is 24.5 Å². The minimum absolute atomic E-state index is 0.465. The second-order valence-corrected chi connectivity index (χ2v) is 2.99. The summed E-state index contributed by atoms with van der Waals surface area (Å²) in [6.07, 6.45) is 3.35. The zero-order valence-electron chi connectivity index (χ0n) is 7.29. The SMILES string of the molecule is CC(CC[C]=O)c1ccccc1. The lowest BCUT2D eigenvalue weighted by atomic mass is 9.97. The molecule has 1 nitrogen and oxygen atoms in total. The van der Waals surface area contributed by atoms with Gasteiger partial charge >= 0.3 is 0 Å². The summed E-state index contributed by atoms with van der Waals surface area (Å²) < 4.78 is 0. The van der Waals surface area contributed by atoms with Crippen molar-refractivity contribution in [3.8, 4) is 0 Å². The lowest BCUT2D eigenvalue weighted by molar-refractivity contribution is 0.543. The van der Waals surface area contributed by atoms with Gasteiger partial charge in [0.15, 0.2) is 6.29 Å². The maximum atomic E-state index is 10.0. The molecule has 0 aliphatic heterocycles. The third-order valence-corrected chi connectivity index (χ3v) is 2.05. The Labute approximate surface area is 73.4 Å². The Hall–Kier alpha value is -1.11. The summed E-state index contributed by atoms with van der Waals surface area (Å²) in [6, 6.07) is 10.2. The number of benzene rings is 1. The maximum absolute atomic E-state index is 10.0. The Balaban J connectivity index is 2.53. The normalized spacial score (nSPS) is 12.4. The van der Waals surface area contributed by atoms with Crippen LogP contribution in [0.15, 0.2) is 30.3 Å². The van der Waals surface area contributed by atoms with Crippen LogP contribution in [0.5, 0.6) is 0 Å². The van der Waals surface area contributed by atoms with Gasteiger partial charge in [0.05, 0.1) is 0 Å². The van der Waals surface area contributed by atoms with Crippen molar-refractivity contribution in [2.45, 2.75) is 25.7 Å². The van der Waals surface area contributed by atoms with Crippen LogP contribution in [-0.2, 0) is 4.79 Å². The molecule has 1 aromatic rings. The maximum Gasteiger partial charge on any atom is 0.198 e. The molecule has 12 heavy (non-hydrogen) atoms. The van der Waals surface area contributed by atoms with Crippen LogP contribution < -0.4 is 0 Å². The van der Waals surface area contributed by atoms with Gasteiger partial charge < -0.3 is 0 Å². The average Bonchev–Trinajstić information content (AvgIpc) is 2.15. The summed E-state index contributed by atoms with van der Waals surface area (Å²) in [5.74, 6) is 0.465. The first-order valence-corrected chi connectivity index (χ1v) is 4.24. The summed E-state index contributed by atoms with van der Waals surface area (Å²) in [7, 11) is 0. The van der Waals surface area contributed by atoms with Gasteiger partial charge in [0.25, 0.3) is 0 Å². The summed E-state index contributed by atoms with van der Waals surface area (Å²) >= 11 is 0. The third-order valence-electron chi connectivity index (χ3n) is 2.05. The van der Waals surface area contributed by atoms with Crippen molar-refractivity contribution < 1.29 is 4.79 Å². The molecule has 1 rings (SSSR count). The Bertz CT molecular complexity index is 228. The zero-order valence-corrected chi connectivity index (χ0v) is 7.29. The van der Waals surface area contributed by atoms with Gasteiger partial charge in [0, 0.05) is 6.42 Å². The predicted octanol–water partition coefficient (Wildman–Crippen LogP) is 2.68. The van der Waals surface area contributed by atoms with E-state index in [1.54, 1.807) is 0 Å². The average molecular weight is 161 g/mol. The molecule has 1 atom stereocenters. The van der Waals surface area contributed by atoms with E-state index in [0.29, 0.717) is 12.3 Å². The molecule has 1 radical (unpaired) electrons. The van der Waals surface area contributed by atoms with Gasteiger partial charge in [0.2, 0.25) is 0 Å². The van der Waals surface area contributed by atoms with Crippen LogP contribution in [0.1, 0.15) is 31.2 Å². The molecule has 0 saturated carbocycles. The second kappa shape index (κ2) is 4.70. The van der Waals surface area contributed by atoms with E-state index in [4.69, 9.17) is 0 Å². The van der Waals surface area contributed by atoms with Crippen LogP contribution in [0.4, 0.5) is 0 Å². The Kier molecular flexibility index (Phi) is 3.52. The van der Waals surface area contributed by atoms with Crippen molar-refractivity contribution in [3.05, 3.63) is 35.9 Å². The van der Waals surface area contributed by atoms with Crippen LogP contribution in [0.25, 0.3) is 0 Å². The highest BCUT2D eigenvalue weighted by molar-refractivity contribution is 5.50. The molecule has 0 heterocycles. The van der Waals surface area contributed by atoms with E-state index >= 15 is 0 Å². The smallest absolute Gasteiger partial charge is 0.198 e. The van der Waals surface area contributed by atoms with Crippen LogP contribution in [0.2, 0.25) is 0 Å². The lowest BCUT2D eigenvalue weighted by Crippen LogP contribution is -1.92. The highest BCUT2D eigenvalue weighted by Crippen LogP contribution is 2.18. The first-order chi connectivity index (χ1) is 5.84. The van der Waals surface area contributed by atoms with Crippen molar-refractivity contribution in [3.63, 3.8) is 0 Å². The van der Waals surface area contributed by atoms with Gasteiger partial charge in [-0.3, -0.25) is 4.79 Å². The second-order valence-electron chi connectivity index (χ2n) is 2.99. The minimum Gasteiger partial charge on any atom is -0.291 e. The van der Waals surface area contributed by atoms with Crippen molar-refractivity contribution in [2.75, 3.05) is 0 Å². The zero-order chi connectivity index (χ0) is 8.81. The molecule has 0 N–H and O–H groups in total. The third kappa shape index (κ3) is 2.50. The number of carbonyl (C=O) groups excluding carboxylic acids is 1. The monoisotopic (exact) mass is 161 g/mol. The summed E-state index contributed by atoms with van der Waals surface area (Å²) in [4.78, 5) is 10.0. The molecule has 0 aliphatic carbocycles. The fourth-order valence-electron chi connectivity index (χ4n) is 1.22. The molecule has 63 valence electrons. The summed E-state index contributed by atoms with van der Waals surface area (Å²) in [6.45, 7) is 2.13. The van der Waals surface area contributed by atoms with Crippen molar-refractivity contribution in [1.29, 1.82) is 0 Å². The minimum atomic E-state index is 0.465. The predicted molar refractivity (Wildman–Crippen MR) is 49.8 cm³/mol. The molecule has 0 spiro atoms. The van der Waals surface area contributed by atoms with Gasteiger partial charge in [-0.25, -0.2) is 0 Å². The molecular formula is C11H13O. The lowest BCUT2D eigenvalue weighted by Gasteiger charge is -2.08. The van der Waals surface area contributed by atoms with Gasteiger partial charge in [-0.1, -0.05) is 37.3 Å². The molecule has 0 saturated heterocycles. The van der Waals surface area contributed by atoms with E-state index in [9.17, 15) is 4.79 Å². The van der Waals surface area contributed by atoms with Crippen molar-refractivity contribution >= 4 is 6.29 Å². The molecule has 0 aliphatic rings. The standard InChI is InChI=1S/C11H13O/c1-10(6-5-9-12)11-7-3-2-4-8-11/h2-4,7-8,10H,5-6H2,1H3. The van der Waals surface area contributed by atoms with Crippen LogP contribution in [0.3, 0.4) is 0 Å². The van der Waals surface area contributed by atoms with Crippen LogP contribution in [0, 0.1) is 0 Å². The van der Waals surface area contributed by atoms with Gasteiger partial charge in [-0.2, -0.15) is 0 Å². The quantitative estimate of drug-likeness (QED) is 0.663. The van der Waals surface area contributed by atoms with Crippen LogP contribution >= 0.6 is 0 Å². The highest BCUT2D eigenvalue weighted by atomic mass is 16.1. The van der Waals surface area contributed by atoms with Gasteiger partial charge in [0.1, 0.15) is 0 Å². The fourth-order valence-corrected chi connectivity index (χ4v) is 1.22. The van der Waals surface area contributed by atoms with E-state index in [-0.39, 0.29) is 0 Å². The molecule has 1 heteroatoms. The molecular weight excluding hydrogens is 148 g/mol. The molecule has 0 fully saturated rings. The molecule has 0 aromatic heterocycles. The first-order valence-electron chi connectivity index (χ1n) is 4.24. The first kappa shape index (κ1) is 8.98. The number of hydrogen-bond donors (Lipinski definition) is 0. The van der Waals surface area contributed by atoms with Crippen LogP contribution in [-0.4, -0.2) is 6.29 Å². The van der Waals surface area contributed by atoms with Crippen molar-refractivity contribution in [1.82, 2.24) is 0 Å². The van der Waals surface area contributed by atoms with E-state index in [2.05, 4.69) is 19.1 Å². The Morgan fingerprint density at radius 3 is 2.58 bits per heavy atom. The fraction of sp³-hybridized carbons (Fsp3) is 0.364. The molecule has 0 amide bonds. The summed E-state index contributed by atoms with van der Waals surface area (Å²) in [5, 5.41) is 0. The molecule has 0 bridgehead atoms. The summed E-state index contributed by atoms with van der Waals surface area (Å²) in [5.41, 5.74) is 1.30. The largest absolute Gasteiger partial charge is 0.291 e. The van der Waals surface area contributed by atoms with E-state index < -0.39 is 0 Å². The van der Waals surface area contributed by atoms with Gasteiger partial charge in [-0.05, 0) is 17.9 Å². The van der Waals surface area contributed by atoms with Crippen molar-refractivity contribution in [2.24, 2.45) is 0 Å². The van der Waals surface area contributed by atoms with E-state index in [1.165, 1.54) is 5.56 Å². The number of rotatable bonds is 4. The highest BCUT2D eigenvalue weighted by Gasteiger charge is 2.03. The Morgan fingerprint density at radius 1 is 1.33 bits per heavy atom. The van der Waals surface area contributed by atoms with E-state index in [0.717, 1.165) is 6.42 Å². The molecule has 1 unspecified atom stereocenters. The number of hydrogen-bond acceptors (Lipinski definition) is 1. The Morgan fingerprint density at radius 2 is 2.00 bits per heavy atom. The topological polar surface area (TPSA) is 17.1 Å². The van der Waals surface area contributed by atoms with Gasteiger partial charge in [-0.15, -0.1) is 0 Å². The molecule has 1 aromatic carbocycles.